The second-order valence-corrected chi connectivity index (χ2v) is 6.09. The maximum absolute atomic E-state index is 5.44. The first-order valence-corrected chi connectivity index (χ1v) is 7.97. The van der Waals surface area contributed by atoms with Crippen LogP contribution in [0.2, 0.25) is 0 Å². The Bertz CT molecular complexity index is 1010. The van der Waals surface area contributed by atoms with E-state index in [1.54, 1.807) is 0 Å². The van der Waals surface area contributed by atoms with E-state index in [2.05, 4.69) is 39.3 Å². The number of hydrogen-bond donors (Lipinski definition) is 1. The van der Waals surface area contributed by atoms with Gasteiger partial charge in [-0.3, -0.25) is 4.68 Å². The van der Waals surface area contributed by atoms with Gasteiger partial charge in [-0.25, -0.2) is 0 Å². The van der Waals surface area contributed by atoms with Crippen molar-refractivity contribution in [1.29, 1.82) is 0 Å². The lowest BCUT2D eigenvalue weighted by molar-refractivity contribution is 0.380. The molecule has 0 bridgehead atoms. The summed E-state index contributed by atoms with van der Waals surface area (Å²) < 4.78 is 7.32. The fourth-order valence-electron chi connectivity index (χ4n) is 3.11. The molecule has 0 atom stereocenters. The number of nitrogens with one attached hydrogen (secondary N) is 1. The molecule has 0 spiro atoms. The van der Waals surface area contributed by atoms with Crippen LogP contribution in [0.1, 0.15) is 34.2 Å². The molecule has 1 aromatic carbocycles. The van der Waals surface area contributed by atoms with Crippen LogP contribution in [0.5, 0.6) is 0 Å². The first-order valence-electron chi connectivity index (χ1n) is 7.97. The van der Waals surface area contributed by atoms with Crippen LogP contribution in [0.3, 0.4) is 0 Å². The van der Waals surface area contributed by atoms with Gasteiger partial charge in [0.1, 0.15) is 0 Å². The lowest BCUT2D eigenvalue weighted by Crippen LogP contribution is -1.96. The Kier molecular flexibility index (Phi) is 3.45. The highest BCUT2D eigenvalue weighted by molar-refractivity contribution is 5.83. The van der Waals surface area contributed by atoms with Crippen LogP contribution in [0, 0.1) is 13.8 Å². The van der Waals surface area contributed by atoms with Crippen LogP contribution in [-0.2, 0) is 19.9 Å². The van der Waals surface area contributed by atoms with Crippen molar-refractivity contribution in [3.8, 4) is 0 Å². The molecule has 4 aromatic rings. The molecular formula is C18H19N5O. The molecule has 0 saturated heterocycles. The van der Waals surface area contributed by atoms with Gasteiger partial charge in [-0.15, -0.1) is 0 Å². The maximum Gasteiger partial charge on any atom is 0.231 e. The monoisotopic (exact) mass is 321 g/mol. The largest absolute Gasteiger partial charge is 0.361 e. The van der Waals surface area contributed by atoms with Gasteiger partial charge in [0.05, 0.1) is 12.1 Å². The molecule has 24 heavy (non-hydrogen) atoms. The van der Waals surface area contributed by atoms with Gasteiger partial charge < -0.3 is 9.51 Å². The van der Waals surface area contributed by atoms with Crippen molar-refractivity contribution >= 4 is 10.9 Å². The van der Waals surface area contributed by atoms with Crippen LogP contribution in [0.4, 0.5) is 0 Å². The van der Waals surface area contributed by atoms with E-state index < -0.39 is 0 Å². The van der Waals surface area contributed by atoms with Crippen molar-refractivity contribution in [2.24, 2.45) is 7.05 Å². The van der Waals surface area contributed by atoms with Crippen molar-refractivity contribution in [2.45, 2.75) is 26.7 Å². The zero-order valence-corrected chi connectivity index (χ0v) is 14.0. The Balaban J connectivity index is 1.57. The van der Waals surface area contributed by atoms with E-state index >= 15 is 0 Å². The maximum atomic E-state index is 5.44. The van der Waals surface area contributed by atoms with Gasteiger partial charge in [-0.05, 0) is 25.5 Å². The Hall–Kier alpha value is -2.89. The van der Waals surface area contributed by atoms with Gasteiger partial charge in [0, 0.05) is 41.8 Å². The van der Waals surface area contributed by atoms with Crippen LogP contribution in [0.15, 0.2) is 35.0 Å². The minimum Gasteiger partial charge on any atom is -0.361 e. The Morgan fingerprint density at radius 3 is 2.79 bits per heavy atom. The molecule has 0 aliphatic rings. The number of hydrogen-bond acceptors (Lipinski definition) is 4. The highest BCUT2D eigenvalue weighted by atomic mass is 16.5. The summed E-state index contributed by atoms with van der Waals surface area (Å²) in [5, 5.41) is 9.76. The minimum atomic E-state index is 0.617. The second kappa shape index (κ2) is 5.63. The van der Waals surface area contributed by atoms with Crippen molar-refractivity contribution in [3.63, 3.8) is 0 Å². The summed E-state index contributed by atoms with van der Waals surface area (Å²) in [6, 6.07) is 8.22. The van der Waals surface area contributed by atoms with Gasteiger partial charge in [-0.1, -0.05) is 23.4 Å². The number of fused-ring (bicyclic) bond motifs is 1. The molecule has 3 heterocycles. The van der Waals surface area contributed by atoms with E-state index in [4.69, 9.17) is 4.52 Å². The molecule has 1 N–H and O–H groups in total. The third kappa shape index (κ3) is 2.50. The van der Waals surface area contributed by atoms with Crippen molar-refractivity contribution in [3.05, 3.63) is 64.7 Å². The predicted octanol–water partition coefficient (Wildman–Crippen LogP) is 3.08. The Morgan fingerprint density at radius 2 is 2.00 bits per heavy atom. The molecule has 0 radical (unpaired) electrons. The summed E-state index contributed by atoms with van der Waals surface area (Å²) in [7, 11) is 1.95. The molecule has 0 saturated carbocycles. The number of nitrogens with zero attached hydrogens (tertiary/aromatic N) is 4. The third-order valence-electron chi connectivity index (χ3n) is 4.52. The Labute approximate surface area is 139 Å². The lowest BCUT2D eigenvalue weighted by atomic mass is 10.1. The SMILES string of the molecule is Cc1nn(C)c(C)c1Cc1nc(Cc2c[nH]c3ccccc23)no1. The molecule has 6 nitrogen and oxygen atoms in total. The summed E-state index contributed by atoms with van der Waals surface area (Å²) in [5.74, 6) is 1.33. The minimum absolute atomic E-state index is 0.617. The number of aromatic amines is 1. The zero-order chi connectivity index (χ0) is 16.7. The first kappa shape index (κ1) is 14.7. The van der Waals surface area contributed by atoms with Gasteiger partial charge in [-0.2, -0.15) is 10.1 Å². The molecule has 0 aliphatic carbocycles. The van der Waals surface area contributed by atoms with Gasteiger partial charge in [0.15, 0.2) is 5.82 Å². The van der Waals surface area contributed by atoms with E-state index in [1.165, 1.54) is 10.9 Å². The molecule has 0 amide bonds. The molecular weight excluding hydrogens is 302 g/mol. The van der Waals surface area contributed by atoms with Crippen molar-refractivity contribution < 1.29 is 4.52 Å². The topological polar surface area (TPSA) is 72.5 Å². The van der Waals surface area contributed by atoms with Gasteiger partial charge in [0.2, 0.25) is 5.89 Å². The predicted molar refractivity (Wildman–Crippen MR) is 90.9 cm³/mol. The molecule has 0 fully saturated rings. The van der Waals surface area contributed by atoms with Crippen LogP contribution < -0.4 is 0 Å². The number of aromatic nitrogens is 5. The third-order valence-corrected chi connectivity index (χ3v) is 4.52. The summed E-state index contributed by atoms with van der Waals surface area (Å²) in [4.78, 5) is 7.83. The molecule has 4 rings (SSSR count). The number of para-hydroxylation sites is 1. The molecule has 122 valence electrons. The van der Waals surface area contributed by atoms with Crippen LogP contribution in [0.25, 0.3) is 10.9 Å². The first-order chi connectivity index (χ1) is 11.6. The zero-order valence-electron chi connectivity index (χ0n) is 14.0. The van der Waals surface area contributed by atoms with E-state index in [0.717, 1.165) is 22.5 Å². The number of H-pyrrole nitrogens is 1. The fraction of sp³-hybridized carbons (Fsp3) is 0.278. The average Bonchev–Trinajstić information content (AvgIpc) is 3.25. The molecule has 3 aromatic heterocycles. The smallest absolute Gasteiger partial charge is 0.231 e. The second-order valence-electron chi connectivity index (χ2n) is 6.09. The number of rotatable bonds is 4. The van der Waals surface area contributed by atoms with Gasteiger partial charge >= 0.3 is 0 Å². The summed E-state index contributed by atoms with van der Waals surface area (Å²) in [6.07, 6.45) is 3.28. The standard InChI is InChI=1S/C18H19N5O/c1-11-15(12(2)23(3)21-11)9-18-20-17(22-24-18)8-13-10-19-16-7-5-4-6-14(13)16/h4-7,10,19H,8-9H2,1-3H3. The highest BCUT2D eigenvalue weighted by Crippen LogP contribution is 2.21. The van der Waals surface area contributed by atoms with Crippen LogP contribution in [-0.4, -0.2) is 24.9 Å². The van der Waals surface area contributed by atoms with Crippen molar-refractivity contribution in [2.75, 3.05) is 0 Å². The normalized spacial score (nSPS) is 11.5. The molecule has 6 heteroatoms. The molecule has 0 aliphatic heterocycles. The van der Waals surface area contributed by atoms with E-state index in [9.17, 15) is 0 Å². The van der Waals surface area contributed by atoms with E-state index in [0.29, 0.717) is 24.6 Å². The summed E-state index contributed by atoms with van der Waals surface area (Å²) in [6.45, 7) is 4.06. The Morgan fingerprint density at radius 1 is 1.17 bits per heavy atom. The van der Waals surface area contributed by atoms with Crippen molar-refractivity contribution in [1.82, 2.24) is 24.9 Å². The van der Waals surface area contributed by atoms with Crippen LogP contribution >= 0.6 is 0 Å². The highest BCUT2D eigenvalue weighted by Gasteiger charge is 2.15. The fourth-order valence-corrected chi connectivity index (χ4v) is 3.11. The summed E-state index contributed by atoms with van der Waals surface area (Å²) >= 11 is 0. The lowest BCUT2D eigenvalue weighted by Gasteiger charge is -1.97. The average molecular weight is 321 g/mol. The quantitative estimate of drug-likeness (QED) is 0.627. The molecule has 0 unspecified atom stereocenters. The number of benzene rings is 1. The van der Waals surface area contributed by atoms with E-state index in [1.807, 2.05) is 37.0 Å². The van der Waals surface area contributed by atoms with E-state index in [-0.39, 0.29) is 0 Å². The number of aryl methyl sites for hydroxylation is 2. The summed E-state index contributed by atoms with van der Waals surface area (Å²) in [5.41, 5.74) is 5.58. The van der Waals surface area contributed by atoms with Gasteiger partial charge in [0.25, 0.3) is 0 Å².